The van der Waals surface area contributed by atoms with Crippen LogP contribution in [0.25, 0.3) is 0 Å². The molecule has 24 heavy (non-hydrogen) atoms. The monoisotopic (exact) mass is 387 g/mol. The zero-order valence-corrected chi connectivity index (χ0v) is 15.4. The molecule has 0 amide bonds. The van der Waals surface area contributed by atoms with Crippen molar-refractivity contribution in [1.82, 2.24) is 9.88 Å². The van der Waals surface area contributed by atoms with Crippen molar-refractivity contribution >= 4 is 21.6 Å². The third-order valence-electron chi connectivity index (χ3n) is 5.57. The molecule has 1 spiro atoms. The number of aliphatic hydroxyl groups excluding tert-OH is 1. The number of likely N-dealkylation sites (tertiary alicyclic amines) is 1. The van der Waals surface area contributed by atoms with Crippen LogP contribution in [0.3, 0.4) is 0 Å². The molecule has 0 saturated carbocycles. The van der Waals surface area contributed by atoms with E-state index in [2.05, 4.69) is 56.3 Å². The smallest absolute Gasteiger partial charge is 0.134 e. The summed E-state index contributed by atoms with van der Waals surface area (Å²) in [6.07, 6.45) is 3.28. The predicted octanol–water partition coefficient (Wildman–Crippen LogP) is 3.43. The molecular weight excluding hydrogens is 366 g/mol. The second kappa shape index (κ2) is 6.14. The number of hydrogen-bond donors (Lipinski definition) is 2. The Labute approximate surface area is 151 Å². The Morgan fingerprint density at radius 3 is 2.88 bits per heavy atom. The minimum atomic E-state index is -0.500. The topological polar surface area (TPSA) is 48.4 Å². The Morgan fingerprint density at radius 1 is 1.33 bits per heavy atom. The van der Waals surface area contributed by atoms with Crippen LogP contribution in [-0.4, -0.2) is 34.3 Å². The molecule has 2 N–H and O–H groups in total. The summed E-state index contributed by atoms with van der Waals surface area (Å²) in [7, 11) is 0. The van der Waals surface area contributed by atoms with Crippen LogP contribution in [0.2, 0.25) is 0 Å². The molecule has 2 aliphatic rings. The van der Waals surface area contributed by atoms with Crippen molar-refractivity contribution in [2.24, 2.45) is 0 Å². The lowest BCUT2D eigenvalue weighted by atomic mass is 9.73. The molecule has 2 aliphatic heterocycles. The number of nitrogens with one attached hydrogen (secondary N) is 1. The summed E-state index contributed by atoms with van der Waals surface area (Å²) in [5, 5.41) is 13.9. The highest BCUT2D eigenvalue weighted by molar-refractivity contribution is 9.10. The van der Waals surface area contributed by atoms with Gasteiger partial charge in [0, 0.05) is 28.3 Å². The molecular formula is C19H22BrN3O. The quantitative estimate of drug-likeness (QED) is 0.828. The van der Waals surface area contributed by atoms with Gasteiger partial charge in [0.15, 0.2) is 0 Å². The summed E-state index contributed by atoms with van der Waals surface area (Å²) in [5.41, 5.74) is 4.54. The van der Waals surface area contributed by atoms with E-state index < -0.39 is 6.23 Å². The van der Waals surface area contributed by atoms with Crippen molar-refractivity contribution in [3.05, 3.63) is 57.8 Å². The standard InChI is InChI=1S/C19H22BrN3O/c1-13-3-2-8-21-17(13)12-23-9-6-19(7-10-23)15-11-14(20)4-5-16(15)22-18(19)24/h2-5,8,11,18,22,24H,6-7,9-10,12H2,1H3. The average Bonchev–Trinajstić information content (AvgIpc) is 2.84. The van der Waals surface area contributed by atoms with Crippen LogP contribution in [-0.2, 0) is 12.0 Å². The summed E-state index contributed by atoms with van der Waals surface area (Å²) in [6.45, 7) is 4.95. The van der Waals surface area contributed by atoms with E-state index in [-0.39, 0.29) is 5.41 Å². The highest BCUT2D eigenvalue weighted by atomic mass is 79.9. The molecule has 1 fully saturated rings. The van der Waals surface area contributed by atoms with Gasteiger partial charge in [0.05, 0.1) is 5.69 Å². The fraction of sp³-hybridized carbons (Fsp3) is 0.421. The predicted molar refractivity (Wildman–Crippen MR) is 98.9 cm³/mol. The number of anilines is 1. The molecule has 126 valence electrons. The maximum Gasteiger partial charge on any atom is 0.134 e. The van der Waals surface area contributed by atoms with E-state index in [1.165, 1.54) is 11.1 Å². The van der Waals surface area contributed by atoms with E-state index in [0.717, 1.165) is 48.3 Å². The Kier molecular flexibility index (Phi) is 4.11. The molecule has 3 heterocycles. The number of pyridine rings is 1. The normalized spacial score (nSPS) is 22.4. The van der Waals surface area contributed by atoms with E-state index in [0.29, 0.717) is 0 Å². The van der Waals surface area contributed by atoms with Crippen molar-refractivity contribution in [2.75, 3.05) is 18.4 Å². The molecule has 4 nitrogen and oxygen atoms in total. The third-order valence-corrected chi connectivity index (χ3v) is 6.07. The van der Waals surface area contributed by atoms with E-state index in [1.54, 1.807) is 0 Å². The van der Waals surface area contributed by atoms with Crippen LogP contribution in [0.5, 0.6) is 0 Å². The Bertz CT molecular complexity index is 756. The molecule has 1 aromatic carbocycles. The molecule has 0 bridgehead atoms. The molecule has 1 unspecified atom stereocenters. The Morgan fingerprint density at radius 2 is 2.12 bits per heavy atom. The molecule has 1 atom stereocenters. The second-order valence-electron chi connectivity index (χ2n) is 6.94. The van der Waals surface area contributed by atoms with Crippen LogP contribution in [0.1, 0.15) is 29.7 Å². The molecule has 0 aliphatic carbocycles. The maximum atomic E-state index is 10.7. The minimum absolute atomic E-state index is 0.172. The van der Waals surface area contributed by atoms with Crippen molar-refractivity contribution in [3.8, 4) is 0 Å². The Hall–Kier alpha value is -1.43. The van der Waals surface area contributed by atoms with Crippen LogP contribution in [0, 0.1) is 6.92 Å². The molecule has 1 saturated heterocycles. The SMILES string of the molecule is Cc1cccnc1CN1CCC2(CC1)c1cc(Br)ccc1NC2O. The molecule has 2 aromatic rings. The van der Waals surface area contributed by atoms with Gasteiger partial charge < -0.3 is 10.4 Å². The number of piperidine rings is 1. The number of aryl methyl sites for hydroxylation is 1. The second-order valence-corrected chi connectivity index (χ2v) is 7.85. The van der Waals surface area contributed by atoms with Gasteiger partial charge in [0.1, 0.15) is 6.23 Å². The van der Waals surface area contributed by atoms with Crippen molar-refractivity contribution in [1.29, 1.82) is 0 Å². The molecule has 1 aromatic heterocycles. The zero-order valence-electron chi connectivity index (χ0n) is 13.8. The van der Waals surface area contributed by atoms with Crippen LogP contribution < -0.4 is 5.32 Å². The number of rotatable bonds is 2. The summed E-state index contributed by atoms with van der Waals surface area (Å²) in [6, 6.07) is 10.3. The highest BCUT2D eigenvalue weighted by Gasteiger charge is 2.48. The van der Waals surface area contributed by atoms with Crippen LogP contribution in [0.15, 0.2) is 41.0 Å². The Balaban J connectivity index is 1.52. The number of nitrogens with zero attached hydrogens (tertiary/aromatic N) is 2. The first-order chi connectivity index (χ1) is 11.6. The van der Waals surface area contributed by atoms with E-state index in [1.807, 2.05) is 18.3 Å². The summed E-state index contributed by atoms with van der Waals surface area (Å²) >= 11 is 3.57. The van der Waals surface area contributed by atoms with Crippen molar-refractivity contribution in [2.45, 2.75) is 38.0 Å². The molecule has 4 rings (SSSR count). The lowest BCUT2D eigenvalue weighted by molar-refractivity contribution is 0.0538. The number of halogens is 1. The fourth-order valence-corrected chi connectivity index (χ4v) is 4.40. The maximum absolute atomic E-state index is 10.7. The van der Waals surface area contributed by atoms with Crippen molar-refractivity contribution < 1.29 is 5.11 Å². The molecule has 5 heteroatoms. The summed E-state index contributed by atoms with van der Waals surface area (Å²) < 4.78 is 1.07. The number of hydrogen-bond acceptors (Lipinski definition) is 4. The lowest BCUT2D eigenvalue weighted by Gasteiger charge is -2.41. The van der Waals surface area contributed by atoms with E-state index in [4.69, 9.17) is 0 Å². The fourth-order valence-electron chi connectivity index (χ4n) is 4.04. The number of aromatic nitrogens is 1. The van der Waals surface area contributed by atoms with Gasteiger partial charge in [-0.2, -0.15) is 0 Å². The average molecular weight is 388 g/mol. The van der Waals surface area contributed by atoms with E-state index >= 15 is 0 Å². The molecule has 0 radical (unpaired) electrons. The minimum Gasteiger partial charge on any atom is -0.373 e. The van der Waals surface area contributed by atoms with Gasteiger partial charge in [-0.25, -0.2) is 0 Å². The van der Waals surface area contributed by atoms with Gasteiger partial charge in [-0.05, 0) is 68.2 Å². The number of fused-ring (bicyclic) bond motifs is 2. The van der Waals surface area contributed by atoms with Gasteiger partial charge in [-0.1, -0.05) is 22.0 Å². The van der Waals surface area contributed by atoms with Gasteiger partial charge in [-0.15, -0.1) is 0 Å². The largest absolute Gasteiger partial charge is 0.373 e. The van der Waals surface area contributed by atoms with E-state index in [9.17, 15) is 5.11 Å². The summed E-state index contributed by atoms with van der Waals surface area (Å²) in [4.78, 5) is 6.96. The summed E-state index contributed by atoms with van der Waals surface area (Å²) in [5.74, 6) is 0. The van der Waals surface area contributed by atoms with Gasteiger partial charge in [0.2, 0.25) is 0 Å². The van der Waals surface area contributed by atoms with Gasteiger partial charge in [0.25, 0.3) is 0 Å². The highest BCUT2D eigenvalue weighted by Crippen LogP contribution is 2.48. The third kappa shape index (κ3) is 2.65. The zero-order chi connectivity index (χ0) is 16.7. The lowest BCUT2D eigenvalue weighted by Crippen LogP contribution is -2.48. The number of benzene rings is 1. The van der Waals surface area contributed by atoms with Gasteiger partial charge >= 0.3 is 0 Å². The number of aliphatic hydroxyl groups is 1. The first-order valence-corrected chi connectivity index (χ1v) is 9.25. The first-order valence-electron chi connectivity index (χ1n) is 8.46. The first kappa shape index (κ1) is 16.1. The van der Waals surface area contributed by atoms with Crippen molar-refractivity contribution in [3.63, 3.8) is 0 Å². The van der Waals surface area contributed by atoms with Gasteiger partial charge in [-0.3, -0.25) is 9.88 Å². The van der Waals surface area contributed by atoms with Crippen LogP contribution in [0.4, 0.5) is 5.69 Å². The van der Waals surface area contributed by atoms with Crippen LogP contribution >= 0.6 is 15.9 Å².